The zero-order valence-electron chi connectivity index (χ0n) is 13.1. The third kappa shape index (κ3) is 3.32. The average molecular weight is 266 g/mol. The minimum absolute atomic E-state index is 0.0125. The van der Waals surface area contributed by atoms with E-state index in [2.05, 4.69) is 38.0 Å². The average Bonchev–Trinajstić information content (AvgIpc) is 2.36. The first kappa shape index (κ1) is 15.6. The van der Waals surface area contributed by atoms with E-state index in [-0.39, 0.29) is 5.54 Å². The van der Waals surface area contributed by atoms with Gasteiger partial charge in [-0.15, -0.1) is 0 Å². The number of hydrogen-bond donors (Lipinski definition) is 1. The summed E-state index contributed by atoms with van der Waals surface area (Å²) in [4.78, 5) is 2.25. The van der Waals surface area contributed by atoms with Crippen molar-refractivity contribution in [2.45, 2.75) is 26.3 Å². The highest BCUT2D eigenvalue weighted by molar-refractivity contribution is 5.67. The molecular formula is C15H26N2O2. The van der Waals surface area contributed by atoms with Crippen molar-refractivity contribution in [2.75, 3.05) is 39.8 Å². The lowest BCUT2D eigenvalue weighted by molar-refractivity contribution is 0.389. The van der Waals surface area contributed by atoms with Gasteiger partial charge in [0.25, 0.3) is 0 Å². The van der Waals surface area contributed by atoms with E-state index in [1.807, 2.05) is 19.2 Å². The standard InChI is InChI=1S/C15H26N2O2/c1-11-8-12(18-6)9-13(19-7)14(11)17(5)15(2,3)10-16-4/h8-9,16H,10H2,1-7H3. The van der Waals surface area contributed by atoms with Crippen molar-refractivity contribution >= 4 is 5.69 Å². The summed E-state index contributed by atoms with van der Waals surface area (Å²) in [6.07, 6.45) is 0. The molecule has 0 fully saturated rings. The highest BCUT2D eigenvalue weighted by Gasteiger charge is 2.26. The molecule has 0 saturated heterocycles. The van der Waals surface area contributed by atoms with E-state index in [1.165, 1.54) is 0 Å². The Labute approximate surface area is 116 Å². The number of rotatable bonds is 6. The first-order chi connectivity index (χ1) is 8.87. The quantitative estimate of drug-likeness (QED) is 0.857. The number of benzene rings is 1. The second-order valence-electron chi connectivity index (χ2n) is 5.40. The van der Waals surface area contributed by atoms with Crippen LogP contribution >= 0.6 is 0 Å². The Morgan fingerprint density at radius 1 is 1.21 bits per heavy atom. The van der Waals surface area contributed by atoms with Gasteiger partial charge in [-0.1, -0.05) is 0 Å². The second-order valence-corrected chi connectivity index (χ2v) is 5.40. The van der Waals surface area contributed by atoms with Crippen LogP contribution in [0.1, 0.15) is 19.4 Å². The van der Waals surface area contributed by atoms with Gasteiger partial charge in [-0.2, -0.15) is 0 Å². The Balaban J connectivity index is 3.25. The molecule has 1 aromatic carbocycles. The summed E-state index contributed by atoms with van der Waals surface area (Å²) < 4.78 is 10.8. The van der Waals surface area contributed by atoms with Gasteiger partial charge in [0.1, 0.15) is 11.5 Å². The molecule has 0 aliphatic heterocycles. The van der Waals surface area contributed by atoms with Crippen molar-refractivity contribution in [1.82, 2.24) is 5.32 Å². The molecule has 19 heavy (non-hydrogen) atoms. The van der Waals surface area contributed by atoms with Gasteiger partial charge in [0.05, 0.1) is 19.9 Å². The molecule has 0 unspecified atom stereocenters. The Kier molecular flexibility index (Phi) is 5.06. The first-order valence-electron chi connectivity index (χ1n) is 6.48. The zero-order valence-corrected chi connectivity index (χ0v) is 13.1. The van der Waals surface area contributed by atoms with Crippen molar-refractivity contribution < 1.29 is 9.47 Å². The lowest BCUT2D eigenvalue weighted by Crippen LogP contribution is -2.48. The summed E-state index contributed by atoms with van der Waals surface area (Å²) in [5, 5.41) is 3.23. The number of likely N-dealkylation sites (N-methyl/N-ethyl adjacent to an activating group) is 2. The number of hydrogen-bond acceptors (Lipinski definition) is 4. The number of ether oxygens (including phenoxy) is 2. The lowest BCUT2D eigenvalue weighted by Gasteiger charge is -2.39. The summed E-state index contributed by atoms with van der Waals surface area (Å²) in [6.45, 7) is 7.36. The fourth-order valence-electron chi connectivity index (χ4n) is 2.27. The molecule has 1 rings (SSSR count). The molecule has 108 valence electrons. The molecule has 0 saturated carbocycles. The van der Waals surface area contributed by atoms with Gasteiger partial charge in [-0.3, -0.25) is 0 Å². The fraction of sp³-hybridized carbons (Fsp3) is 0.600. The summed E-state index contributed by atoms with van der Waals surface area (Å²) >= 11 is 0. The summed E-state index contributed by atoms with van der Waals surface area (Å²) in [5.74, 6) is 1.65. The molecule has 0 atom stereocenters. The highest BCUT2D eigenvalue weighted by Crippen LogP contribution is 2.38. The molecule has 1 N–H and O–H groups in total. The largest absolute Gasteiger partial charge is 0.497 e. The zero-order chi connectivity index (χ0) is 14.6. The van der Waals surface area contributed by atoms with Crippen molar-refractivity contribution in [3.8, 4) is 11.5 Å². The van der Waals surface area contributed by atoms with E-state index in [9.17, 15) is 0 Å². The maximum atomic E-state index is 5.52. The number of nitrogens with one attached hydrogen (secondary N) is 1. The highest BCUT2D eigenvalue weighted by atomic mass is 16.5. The van der Waals surface area contributed by atoms with Crippen LogP contribution in [-0.4, -0.2) is 40.4 Å². The van der Waals surface area contributed by atoms with Crippen LogP contribution < -0.4 is 19.7 Å². The Bertz CT molecular complexity index is 430. The first-order valence-corrected chi connectivity index (χ1v) is 6.48. The Hall–Kier alpha value is -1.42. The SMILES string of the molecule is CNCC(C)(C)N(C)c1c(C)cc(OC)cc1OC. The van der Waals surface area contributed by atoms with E-state index in [4.69, 9.17) is 9.47 Å². The van der Waals surface area contributed by atoms with Crippen molar-refractivity contribution in [2.24, 2.45) is 0 Å². The molecule has 0 aliphatic carbocycles. The Morgan fingerprint density at radius 3 is 2.32 bits per heavy atom. The van der Waals surface area contributed by atoms with Gasteiger partial charge in [0, 0.05) is 25.2 Å². The molecule has 4 heteroatoms. The predicted octanol–water partition coefficient (Wildman–Crippen LogP) is 2.45. The topological polar surface area (TPSA) is 33.7 Å². The molecule has 4 nitrogen and oxygen atoms in total. The smallest absolute Gasteiger partial charge is 0.146 e. The van der Waals surface area contributed by atoms with Gasteiger partial charge in [-0.25, -0.2) is 0 Å². The van der Waals surface area contributed by atoms with Crippen LogP contribution in [-0.2, 0) is 0 Å². The number of anilines is 1. The van der Waals surface area contributed by atoms with Gasteiger partial charge in [-0.05, 0) is 39.4 Å². The van der Waals surface area contributed by atoms with Crippen LogP contribution in [0, 0.1) is 6.92 Å². The molecule has 0 aliphatic rings. The van der Waals surface area contributed by atoms with Crippen molar-refractivity contribution in [1.29, 1.82) is 0 Å². The maximum Gasteiger partial charge on any atom is 0.146 e. The minimum Gasteiger partial charge on any atom is -0.497 e. The molecule has 0 aromatic heterocycles. The monoisotopic (exact) mass is 266 g/mol. The lowest BCUT2D eigenvalue weighted by atomic mass is 10.0. The van der Waals surface area contributed by atoms with Gasteiger partial charge < -0.3 is 19.7 Å². The van der Waals surface area contributed by atoms with E-state index in [0.29, 0.717) is 0 Å². The van der Waals surface area contributed by atoms with E-state index >= 15 is 0 Å². The van der Waals surface area contributed by atoms with Gasteiger partial charge in [0.15, 0.2) is 0 Å². The molecule has 0 amide bonds. The minimum atomic E-state index is -0.0125. The van der Waals surface area contributed by atoms with Crippen LogP contribution in [0.4, 0.5) is 5.69 Å². The van der Waals surface area contributed by atoms with Crippen LogP contribution in [0.25, 0.3) is 0 Å². The molecule has 0 spiro atoms. The van der Waals surface area contributed by atoms with Crippen molar-refractivity contribution in [3.05, 3.63) is 17.7 Å². The van der Waals surface area contributed by atoms with E-state index < -0.39 is 0 Å². The third-order valence-electron chi connectivity index (χ3n) is 3.55. The third-order valence-corrected chi connectivity index (χ3v) is 3.55. The molecule has 0 heterocycles. The van der Waals surface area contributed by atoms with Crippen LogP contribution in [0.15, 0.2) is 12.1 Å². The second kappa shape index (κ2) is 6.15. The number of aryl methyl sites for hydroxylation is 1. The maximum absolute atomic E-state index is 5.52. The molecule has 0 bridgehead atoms. The number of nitrogens with zero attached hydrogens (tertiary/aromatic N) is 1. The molecule has 1 aromatic rings. The Morgan fingerprint density at radius 2 is 1.84 bits per heavy atom. The summed E-state index contributed by atoms with van der Waals surface area (Å²) in [7, 11) is 7.42. The predicted molar refractivity (Wildman–Crippen MR) is 80.7 cm³/mol. The summed E-state index contributed by atoms with van der Waals surface area (Å²) in [6, 6.07) is 3.96. The van der Waals surface area contributed by atoms with Crippen LogP contribution in [0.3, 0.4) is 0 Å². The van der Waals surface area contributed by atoms with Crippen molar-refractivity contribution in [3.63, 3.8) is 0 Å². The fourth-order valence-corrected chi connectivity index (χ4v) is 2.27. The van der Waals surface area contributed by atoms with E-state index in [0.717, 1.165) is 29.3 Å². The normalized spacial score (nSPS) is 11.3. The number of methoxy groups -OCH3 is 2. The van der Waals surface area contributed by atoms with Crippen LogP contribution in [0.2, 0.25) is 0 Å². The van der Waals surface area contributed by atoms with Gasteiger partial charge >= 0.3 is 0 Å². The summed E-state index contributed by atoms with van der Waals surface area (Å²) in [5.41, 5.74) is 2.23. The molecular weight excluding hydrogens is 240 g/mol. The molecule has 0 radical (unpaired) electrons. The van der Waals surface area contributed by atoms with Gasteiger partial charge in [0.2, 0.25) is 0 Å². The van der Waals surface area contributed by atoms with Crippen LogP contribution in [0.5, 0.6) is 11.5 Å². The van der Waals surface area contributed by atoms with E-state index in [1.54, 1.807) is 14.2 Å².